The number of rotatable bonds is 5. The lowest BCUT2D eigenvalue weighted by Gasteiger charge is -2.37. The fourth-order valence-corrected chi connectivity index (χ4v) is 1.55. The molecule has 0 rings (SSSR count). The molecule has 0 fully saturated rings. The summed E-state index contributed by atoms with van der Waals surface area (Å²) in [6.45, 7) is 0. The Kier molecular flexibility index (Phi) is 6.32. The summed E-state index contributed by atoms with van der Waals surface area (Å²) in [6.07, 6.45) is -22.8. The third-order valence-corrected chi connectivity index (χ3v) is 2.88. The maximum Gasteiger partial charge on any atom is 0.460 e. The molecule has 2 nitrogen and oxygen atoms in total. The van der Waals surface area contributed by atoms with E-state index in [1.807, 2.05) is 0 Å². The summed E-state index contributed by atoms with van der Waals surface area (Å²) in [5, 5.41) is 8.03. The number of carboxylic acid groups (broad SMARTS) is 1. The fourth-order valence-electron chi connectivity index (χ4n) is 1.55. The maximum absolute atomic E-state index is 13.5. The van der Waals surface area contributed by atoms with Gasteiger partial charge in [0.15, 0.2) is 5.57 Å². The van der Waals surface area contributed by atoms with Crippen LogP contribution in [0.25, 0.3) is 0 Å². The van der Waals surface area contributed by atoms with Crippen LogP contribution in [-0.4, -0.2) is 53.3 Å². The lowest BCUT2D eigenvalue weighted by molar-refractivity contribution is -0.395. The Balaban J connectivity index is 7.61. The largest absolute Gasteiger partial charge is 0.478 e. The van der Waals surface area contributed by atoms with Crippen LogP contribution in [0.1, 0.15) is 0 Å². The second-order valence-electron chi connectivity index (χ2n) is 4.85. The number of carboxylic acids is 1. The van der Waals surface area contributed by atoms with Gasteiger partial charge in [0.25, 0.3) is 0 Å². The van der Waals surface area contributed by atoms with Gasteiger partial charge in [0.1, 0.15) is 5.57 Å². The number of hydrogen-bond acceptors (Lipinski definition) is 1. The summed E-state index contributed by atoms with van der Waals surface area (Å²) in [5.41, 5.74) is -10.4. The van der Waals surface area contributed by atoms with E-state index < -0.39 is 59.3 Å². The minimum Gasteiger partial charge on any atom is -0.478 e. The van der Waals surface area contributed by atoms with Gasteiger partial charge in [-0.3, -0.25) is 0 Å². The van der Waals surface area contributed by atoms with Gasteiger partial charge < -0.3 is 5.11 Å². The second kappa shape index (κ2) is 6.78. The summed E-state index contributed by atoms with van der Waals surface area (Å²) in [6, 6.07) is 0. The predicted octanol–water partition coefficient (Wildman–Crippen LogP) is 5.60. The summed E-state index contributed by atoms with van der Waals surface area (Å²) in [7, 11) is 0. The molecule has 0 atom stereocenters. The highest BCUT2D eigenvalue weighted by molar-refractivity contribution is 5.90. The van der Waals surface area contributed by atoms with Gasteiger partial charge in [-0.15, -0.1) is 0 Å². The van der Waals surface area contributed by atoms with Gasteiger partial charge in [-0.05, 0) is 0 Å². The summed E-state index contributed by atoms with van der Waals surface area (Å²) < 4.78 is 215. The Hall–Kier alpha value is -1.98. The minimum atomic E-state index is -8.44. The van der Waals surface area contributed by atoms with Crippen molar-refractivity contribution in [3.63, 3.8) is 0 Å². The highest BCUT2D eigenvalue weighted by Gasteiger charge is 2.86. The van der Waals surface area contributed by atoms with Crippen molar-refractivity contribution >= 4 is 5.97 Å². The van der Waals surface area contributed by atoms with Crippen LogP contribution in [0.2, 0.25) is 0 Å². The topological polar surface area (TPSA) is 37.3 Å². The van der Waals surface area contributed by atoms with Gasteiger partial charge in [-0.2, -0.15) is 74.6 Å². The molecule has 0 aromatic rings. The zero-order valence-corrected chi connectivity index (χ0v) is 12.3. The molecule has 0 aromatic carbocycles. The molecule has 172 valence electrons. The first-order valence-electron chi connectivity index (χ1n) is 5.89. The molecule has 0 saturated heterocycles. The van der Waals surface area contributed by atoms with Crippen LogP contribution in [0.3, 0.4) is 0 Å². The van der Waals surface area contributed by atoms with Crippen molar-refractivity contribution in [3.05, 3.63) is 11.1 Å². The number of carbonyl (C=O) groups is 1. The summed E-state index contributed by atoms with van der Waals surface area (Å²) >= 11 is 0. The van der Waals surface area contributed by atoms with Crippen molar-refractivity contribution in [2.45, 2.75) is 42.2 Å². The van der Waals surface area contributed by atoms with Gasteiger partial charge >= 0.3 is 48.2 Å². The molecular weight excluding hydrogens is 475 g/mol. The van der Waals surface area contributed by atoms with E-state index in [1.165, 1.54) is 0 Å². The van der Waals surface area contributed by atoms with Crippen molar-refractivity contribution in [2.24, 2.45) is 0 Å². The van der Waals surface area contributed by atoms with Crippen LogP contribution >= 0.6 is 0 Å². The lowest BCUT2D eigenvalue weighted by Crippen LogP contribution is -2.64. The SMILES string of the molecule is O=C(O)C(=C(C(F)(F)C(F)(F)F)C(F)(F)C(F)(F)C(F)(F)C(F)(F)F)C(F)(F)F. The van der Waals surface area contributed by atoms with Gasteiger partial charge in [-0.1, -0.05) is 0 Å². The molecule has 0 amide bonds. The van der Waals surface area contributed by atoms with E-state index in [0.29, 0.717) is 0 Å². The monoisotopic (exact) mass is 476 g/mol. The van der Waals surface area contributed by atoms with E-state index in [0.717, 1.165) is 0 Å². The van der Waals surface area contributed by atoms with Crippen molar-refractivity contribution in [2.75, 3.05) is 0 Å². The average Bonchev–Trinajstić information content (AvgIpc) is 2.39. The molecule has 0 unspecified atom stereocenters. The smallest absolute Gasteiger partial charge is 0.460 e. The molecule has 29 heavy (non-hydrogen) atoms. The van der Waals surface area contributed by atoms with Crippen molar-refractivity contribution in [1.29, 1.82) is 0 Å². The second-order valence-corrected chi connectivity index (χ2v) is 4.85. The Bertz CT molecular complexity index is 674. The van der Waals surface area contributed by atoms with E-state index in [-0.39, 0.29) is 0 Å². The quantitative estimate of drug-likeness (QED) is 0.415. The summed E-state index contributed by atoms with van der Waals surface area (Å²) in [5.74, 6) is -37.2. The van der Waals surface area contributed by atoms with Gasteiger partial charge in [0.2, 0.25) is 0 Å². The Labute approximate surface area is 145 Å². The zero-order valence-electron chi connectivity index (χ0n) is 12.3. The Morgan fingerprint density at radius 3 is 1.07 bits per heavy atom. The molecule has 0 aliphatic heterocycles. The number of alkyl halides is 17. The molecular formula is C10HF17O2. The van der Waals surface area contributed by atoms with Crippen LogP contribution < -0.4 is 0 Å². The van der Waals surface area contributed by atoms with Crippen LogP contribution in [0.5, 0.6) is 0 Å². The molecule has 0 aliphatic rings. The molecule has 0 spiro atoms. The molecule has 0 aromatic heterocycles. The molecule has 0 bridgehead atoms. The molecule has 0 radical (unpaired) electrons. The Morgan fingerprint density at radius 1 is 0.517 bits per heavy atom. The zero-order chi connectivity index (χ0) is 24.2. The number of aliphatic carboxylic acids is 1. The summed E-state index contributed by atoms with van der Waals surface area (Å²) in [4.78, 5) is 10.3. The van der Waals surface area contributed by atoms with Crippen molar-refractivity contribution in [1.82, 2.24) is 0 Å². The van der Waals surface area contributed by atoms with Gasteiger partial charge in [0.05, 0.1) is 0 Å². The molecule has 0 heterocycles. The lowest BCUT2D eigenvalue weighted by atomic mass is 9.88. The normalized spacial score (nSPS) is 16.6. The van der Waals surface area contributed by atoms with E-state index in [2.05, 4.69) is 0 Å². The molecule has 19 heteroatoms. The highest BCUT2D eigenvalue weighted by atomic mass is 19.4. The first-order valence-corrected chi connectivity index (χ1v) is 5.89. The number of allylic oxidation sites excluding steroid dienone is 1. The van der Waals surface area contributed by atoms with Gasteiger partial charge in [0, 0.05) is 0 Å². The van der Waals surface area contributed by atoms with Crippen molar-refractivity contribution < 1.29 is 84.5 Å². The number of halogens is 17. The van der Waals surface area contributed by atoms with E-state index in [9.17, 15) is 79.4 Å². The third kappa shape index (κ3) is 4.17. The minimum absolute atomic E-state index is 4.23. The number of hydrogen-bond donors (Lipinski definition) is 1. The maximum atomic E-state index is 13.5. The molecule has 1 N–H and O–H groups in total. The average molecular weight is 476 g/mol. The standard InChI is InChI=1S/C10HF17O2/c11-4(12,7(18,19)8(20,21)10(25,26)27)2(5(13,14)9(22,23)24)1(3(28)29)6(15,16)17/h(H,28,29). The van der Waals surface area contributed by atoms with Crippen LogP contribution in [-0.2, 0) is 4.79 Å². The molecule has 0 aliphatic carbocycles. The molecule has 0 saturated carbocycles. The Morgan fingerprint density at radius 2 is 0.862 bits per heavy atom. The first-order chi connectivity index (χ1) is 12.2. The first kappa shape index (κ1) is 27.0. The van der Waals surface area contributed by atoms with E-state index in [4.69, 9.17) is 5.11 Å². The van der Waals surface area contributed by atoms with Crippen LogP contribution in [0, 0.1) is 0 Å². The third-order valence-electron chi connectivity index (χ3n) is 2.88. The van der Waals surface area contributed by atoms with Crippen molar-refractivity contribution in [3.8, 4) is 0 Å². The predicted molar refractivity (Wildman–Crippen MR) is 52.6 cm³/mol. The van der Waals surface area contributed by atoms with Crippen LogP contribution in [0.4, 0.5) is 74.6 Å². The fraction of sp³-hybridized carbons (Fsp3) is 0.700. The van der Waals surface area contributed by atoms with Gasteiger partial charge in [-0.25, -0.2) is 4.79 Å². The van der Waals surface area contributed by atoms with E-state index in [1.54, 1.807) is 0 Å². The highest BCUT2D eigenvalue weighted by Crippen LogP contribution is 2.60. The van der Waals surface area contributed by atoms with E-state index >= 15 is 0 Å². The van der Waals surface area contributed by atoms with Crippen LogP contribution in [0.15, 0.2) is 11.1 Å².